The lowest BCUT2D eigenvalue weighted by molar-refractivity contribution is -0.122. The molecule has 5 aromatic rings. The minimum absolute atomic E-state index is 0.00567. The van der Waals surface area contributed by atoms with Crippen molar-refractivity contribution in [3.63, 3.8) is 0 Å². The van der Waals surface area contributed by atoms with Gasteiger partial charge in [0.1, 0.15) is 17.2 Å². The number of rotatable bonds is 30. The number of aryl methyl sites for hydroxylation is 1. The van der Waals surface area contributed by atoms with Gasteiger partial charge in [0.05, 0.1) is 28.8 Å². The Morgan fingerprint density at radius 2 is 1.45 bits per heavy atom. The van der Waals surface area contributed by atoms with Gasteiger partial charge >= 0.3 is 6.09 Å². The normalized spacial score (nSPS) is 12.3. The average molecular weight is 983 g/mol. The van der Waals surface area contributed by atoms with Gasteiger partial charge in [-0.25, -0.2) is 22.9 Å². The standard InChI is InChI=1S/C54H68ClN5O8S/c1-5-7-9-10-11-12-13-14-15-16-17-18-19-22-33-57-69(64,65)45-31-32-46(55)48(37-45)58-52(62)51(50(61)40-26-29-44(66-4)30-27-40)68-54(63)60(34-8-6-2)43-28-25-41(39(3)35-43)36-42(38-56)53-59-47-23-20-21-24-49(47)67-53/h20-21,23-32,35,37,42,51,57H,5-19,22,33-34,36H2,1-4H3,(H,58,62). The van der Waals surface area contributed by atoms with Gasteiger partial charge in [-0.05, 0) is 104 Å². The number of nitriles is 1. The number of anilines is 2. The first kappa shape index (κ1) is 54.2. The second-order valence-corrected chi connectivity index (χ2v) is 19.7. The van der Waals surface area contributed by atoms with Gasteiger partial charge in [-0.2, -0.15) is 5.26 Å². The van der Waals surface area contributed by atoms with Gasteiger partial charge in [0, 0.05) is 24.3 Å². The maximum atomic E-state index is 14.3. The number of ketones is 1. The number of oxazole rings is 1. The van der Waals surface area contributed by atoms with Crippen molar-refractivity contribution in [3.05, 3.63) is 113 Å². The Morgan fingerprint density at radius 3 is 2.06 bits per heavy atom. The minimum Gasteiger partial charge on any atom is -0.497 e. The van der Waals surface area contributed by atoms with Crippen molar-refractivity contribution in [2.45, 2.75) is 147 Å². The van der Waals surface area contributed by atoms with Crippen LogP contribution in [0, 0.1) is 18.3 Å². The number of nitrogens with zero attached hydrogens (tertiary/aromatic N) is 3. The van der Waals surface area contributed by atoms with Crippen LogP contribution < -0.4 is 19.7 Å². The molecule has 2 atom stereocenters. The Kier molecular flexibility index (Phi) is 22.0. The number of hydrogen-bond acceptors (Lipinski definition) is 10. The number of ether oxygens (including phenoxy) is 2. The number of halogens is 1. The molecule has 2 amide bonds. The minimum atomic E-state index is -4.00. The number of aromatic nitrogens is 1. The van der Waals surface area contributed by atoms with Crippen LogP contribution in [-0.2, 0) is 26.0 Å². The van der Waals surface area contributed by atoms with Crippen molar-refractivity contribution in [2.24, 2.45) is 0 Å². The zero-order valence-corrected chi connectivity index (χ0v) is 42.1. The molecule has 4 aromatic carbocycles. The Balaban J connectivity index is 1.24. The van der Waals surface area contributed by atoms with Gasteiger partial charge in [-0.15, -0.1) is 0 Å². The summed E-state index contributed by atoms with van der Waals surface area (Å²) in [7, 11) is -2.52. The Labute approximate surface area is 413 Å². The summed E-state index contributed by atoms with van der Waals surface area (Å²) in [5, 5.41) is 12.7. The molecule has 1 heterocycles. The molecule has 0 bridgehead atoms. The Morgan fingerprint density at radius 1 is 0.812 bits per heavy atom. The average Bonchev–Trinajstić information content (AvgIpc) is 3.79. The molecule has 1 aromatic heterocycles. The summed E-state index contributed by atoms with van der Waals surface area (Å²) in [4.78, 5) is 48.3. The number of amides is 2. The molecule has 0 fully saturated rings. The van der Waals surface area contributed by atoms with E-state index in [9.17, 15) is 28.1 Å². The van der Waals surface area contributed by atoms with E-state index in [4.69, 9.17) is 25.5 Å². The summed E-state index contributed by atoms with van der Waals surface area (Å²) < 4.78 is 46.5. The summed E-state index contributed by atoms with van der Waals surface area (Å²) in [6, 6.07) is 24.8. The molecule has 0 aliphatic rings. The molecule has 2 unspecified atom stereocenters. The van der Waals surface area contributed by atoms with Crippen LogP contribution in [0.15, 0.2) is 94.2 Å². The van der Waals surface area contributed by atoms with E-state index in [1.165, 1.54) is 107 Å². The van der Waals surface area contributed by atoms with Crippen LogP contribution in [-0.4, -0.2) is 57.5 Å². The van der Waals surface area contributed by atoms with E-state index in [1.54, 1.807) is 30.3 Å². The van der Waals surface area contributed by atoms with Crippen LogP contribution in [0.5, 0.6) is 5.75 Å². The summed E-state index contributed by atoms with van der Waals surface area (Å²) >= 11 is 6.51. The van der Waals surface area contributed by atoms with E-state index in [2.05, 4.69) is 28.0 Å². The number of para-hydroxylation sites is 2. The number of hydrogen-bond donors (Lipinski definition) is 2. The number of methoxy groups -OCH3 is 1. The molecule has 0 radical (unpaired) electrons. The van der Waals surface area contributed by atoms with Crippen LogP contribution >= 0.6 is 11.6 Å². The zero-order valence-electron chi connectivity index (χ0n) is 40.6. The van der Waals surface area contributed by atoms with Crippen LogP contribution in [0.25, 0.3) is 11.1 Å². The van der Waals surface area contributed by atoms with E-state index in [0.29, 0.717) is 47.7 Å². The van der Waals surface area contributed by atoms with E-state index in [-0.39, 0.29) is 34.3 Å². The van der Waals surface area contributed by atoms with Gasteiger partial charge in [0.15, 0.2) is 5.58 Å². The van der Waals surface area contributed by atoms with Crippen molar-refractivity contribution in [1.29, 1.82) is 5.26 Å². The lowest BCUT2D eigenvalue weighted by Crippen LogP contribution is -2.43. The van der Waals surface area contributed by atoms with Crippen LogP contribution in [0.1, 0.15) is 150 Å². The lowest BCUT2D eigenvalue weighted by Gasteiger charge is -2.26. The van der Waals surface area contributed by atoms with Gasteiger partial charge in [-0.3, -0.25) is 14.5 Å². The van der Waals surface area contributed by atoms with Crippen LogP contribution in [0.4, 0.5) is 16.2 Å². The highest BCUT2D eigenvalue weighted by atomic mass is 35.5. The first-order valence-corrected chi connectivity index (χ1v) is 26.4. The first-order chi connectivity index (χ1) is 33.4. The summed E-state index contributed by atoms with van der Waals surface area (Å²) in [5.74, 6) is -1.77. The molecule has 0 saturated carbocycles. The van der Waals surface area contributed by atoms with Crippen molar-refractivity contribution >= 4 is 61.9 Å². The fourth-order valence-corrected chi connectivity index (χ4v) is 9.30. The number of unbranched alkanes of at least 4 members (excludes halogenated alkanes) is 14. The van der Waals surface area contributed by atoms with Gasteiger partial charge in [0.25, 0.3) is 5.91 Å². The second-order valence-electron chi connectivity index (χ2n) is 17.5. The third-order valence-electron chi connectivity index (χ3n) is 12.2. The van der Waals surface area contributed by atoms with E-state index >= 15 is 0 Å². The van der Waals surface area contributed by atoms with Crippen LogP contribution in [0.2, 0.25) is 5.02 Å². The molecule has 0 aliphatic heterocycles. The SMILES string of the molecule is CCCCCCCCCCCCCCCCNS(=O)(=O)c1ccc(Cl)c(NC(=O)C(OC(=O)N(CCCC)c2ccc(CC(C#N)c3nc4ccccc4o3)c(C)c2)C(=O)c2ccc(OC)cc2)c1. The quantitative estimate of drug-likeness (QED) is 0.0255. The van der Waals surface area contributed by atoms with Gasteiger partial charge in [0.2, 0.25) is 27.8 Å². The summed E-state index contributed by atoms with van der Waals surface area (Å²) in [6.07, 6.45) is 15.3. The molecule has 5 rings (SSSR count). The molecule has 0 saturated heterocycles. The predicted molar refractivity (Wildman–Crippen MR) is 273 cm³/mol. The summed E-state index contributed by atoms with van der Waals surface area (Å²) in [5.41, 5.74) is 3.27. The van der Waals surface area contributed by atoms with E-state index in [1.807, 2.05) is 38.1 Å². The fourth-order valence-electron chi connectivity index (χ4n) is 8.04. The number of Topliss-reactive ketones (excluding diaryl/α,β-unsaturated/α-hetero) is 1. The fraction of sp³-hybridized carbons (Fsp3) is 0.463. The first-order valence-electron chi connectivity index (χ1n) is 24.5. The van der Waals surface area contributed by atoms with Gasteiger partial charge < -0.3 is 19.2 Å². The molecule has 69 heavy (non-hydrogen) atoms. The van der Waals surface area contributed by atoms with E-state index < -0.39 is 39.8 Å². The molecule has 0 aliphatic carbocycles. The number of sulfonamides is 1. The third kappa shape index (κ3) is 16.4. The van der Waals surface area contributed by atoms with Crippen molar-refractivity contribution in [3.8, 4) is 11.8 Å². The summed E-state index contributed by atoms with van der Waals surface area (Å²) in [6.45, 7) is 6.50. The monoisotopic (exact) mass is 981 g/mol. The maximum Gasteiger partial charge on any atom is 0.415 e. The van der Waals surface area contributed by atoms with Crippen molar-refractivity contribution in [1.82, 2.24) is 9.71 Å². The molecule has 2 N–H and O–H groups in total. The van der Waals surface area contributed by atoms with Gasteiger partial charge in [-0.1, -0.05) is 134 Å². The molecular formula is C54H68ClN5O8S. The maximum absolute atomic E-state index is 14.3. The molecule has 370 valence electrons. The number of nitrogens with one attached hydrogen (secondary N) is 2. The topological polar surface area (TPSA) is 181 Å². The second kappa shape index (κ2) is 28.0. The highest BCUT2D eigenvalue weighted by Gasteiger charge is 2.35. The molecular weight excluding hydrogens is 914 g/mol. The third-order valence-corrected chi connectivity index (χ3v) is 14.0. The highest BCUT2D eigenvalue weighted by molar-refractivity contribution is 7.89. The number of benzene rings is 4. The number of carbonyl (C=O) groups excluding carboxylic acids is 3. The van der Waals surface area contributed by atoms with Crippen molar-refractivity contribution < 1.29 is 36.7 Å². The zero-order chi connectivity index (χ0) is 49.6. The predicted octanol–water partition coefficient (Wildman–Crippen LogP) is 13.0. The lowest BCUT2D eigenvalue weighted by atomic mass is 9.96. The van der Waals surface area contributed by atoms with Crippen molar-refractivity contribution in [2.75, 3.05) is 30.4 Å². The highest BCUT2D eigenvalue weighted by Crippen LogP contribution is 2.30. The molecule has 13 nitrogen and oxygen atoms in total. The van der Waals surface area contributed by atoms with E-state index in [0.717, 1.165) is 36.8 Å². The Bertz CT molecular complexity index is 2560. The number of carbonyl (C=O) groups is 3. The number of fused-ring (bicyclic) bond motifs is 1. The van der Waals surface area contributed by atoms with Crippen LogP contribution in [0.3, 0.4) is 0 Å². The smallest absolute Gasteiger partial charge is 0.415 e. The largest absolute Gasteiger partial charge is 0.497 e. The Hall–Kier alpha value is -5.75. The molecule has 15 heteroatoms. The molecule has 0 spiro atoms.